The number of nitriles is 1. The van der Waals surface area contributed by atoms with Gasteiger partial charge in [0, 0.05) is 18.0 Å². The van der Waals surface area contributed by atoms with Gasteiger partial charge in [-0.25, -0.2) is 0 Å². The zero-order valence-electron chi connectivity index (χ0n) is 11.8. The molecular weight excluding hydrogens is 276 g/mol. The number of amides is 1. The molecule has 0 atom stereocenters. The summed E-state index contributed by atoms with van der Waals surface area (Å²) in [4.78, 5) is 11.8. The fourth-order valence-corrected chi connectivity index (χ4v) is 2.08. The number of unbranched alkanes of at least 4 members (excludes halogenated alkanes) is 1. The molecule has 0 aliphatic rings. The van der Waals surface area contributed by atoms with Crippen molar-refractivity contribution in [1.29, 1.82) is 5.26 Å². The molecule has 0 radical (unpaired) electrons. The van der Waals surface area contributed by atoms with Crippen molar-refractivity contribution in [2.24, 2.45) is 0 Å². The molecule has 0 fully saturated rings. The van der Waals surface area contributed by atoms with Gasteiger partial charge in [-0.05, 0) is 43.0 Å². The average molecular weight is 295 g/mol. The molecular formula is C15H19ClN2O2. The van der Waals surface area contributed by atoms with Gasteiger partial charge in [-0.3, -0.25) is 4.79 Å². The van der Waals surface area contributed by atoms with Crippen molar-refractivity contribution >= 4 is 23.2 Å². The third-order valence-electron chi connectivity index (χ3n) is 2.95. The number of carbonyl (C=O) groups is 1. The second-order valence-electron chi connectivity index (χ2n) is 4.51. The first-order valence-corrected chi connectivity index (χ1v) is 7.06. The number of halogens is 1. The van der Waals surface area contributed by atoms with Crippen LogP contribution in [-0.2, 0) is 11.2 Å². The second kappa shape index (κ2) is 8.44. The van der Waals surface area contributed by atoms with Crippen LogP contribution in [0.2, 0.25) is 0 Å². The largest absolute Gasteiger partial charge is 0.496 e. The van der Waals surface area contributed by atoms with E-state index in [1.165, 1.54) is 0 Å². The van der Waals surface area contributed by atoms with Crippen LogP contribution in [0.3, 0.4) is 0 Å². The molecule has 0 aliphatic carbocycles. The highest BCUT2D eigenvalue weighted by atomic mass is 35.5. The van der Waals surface area contributed by atoms with Crippen LogP contribution in [0.1, 0.15) is 30.4 Å². The number of hydrogen-bond donors (Lipinski definition) is 1. The molecule has 1 aromatic carbocycles. The van der Waals surface area contributed by atoms with Crippen LogP contribution in [0.5, 0.6) is 5.75 Å². The summed E-state index contributed by atoms with van der Waals surface area (Å²) in [5.41, 5.74) is 2.37. The molecule has 0 heterocycles. The summed E-state index contributed by atoms with van der Waals surface area (Å²) in [5.74, 6) is 1.23. The number of anilines is 1. The molecule has 0 unspecified atom stereocenters. The van der Waals surface area contributed by atoms with E-state index in [1.54, 1.807) is 13.2 Å². The van der Waals surface area contributed by atoms with Gasteiger partial charge in [0.2, 0.25) is 5.91 Å². The van der Waals surface area contributed by atoms with E-state index in [0.717, 1.165) is 29.7 Å². The molecule has 20 heavy (non-hydrogen) atoms. The van der Waals surface area contributed by atoms with Gasteiger partial charge in [0.05, 0.1) is 19.6 Å². The number of aryl methyl sites for hydroxylation is 1. The molecule has 5 heteroatoms. The van der Waals surface area contributed by atoms with Gasteiger partial charge >= 0.3 is 0 Å². The molecule has 1 amide bonds. The SMILES string of the molecule is COc1cc(CC#N)c(NC(=O)CCCCCl)cc1C. The maximum atomic E-state index is 11.8. The van der Waals surface area contributed by atoms with E-state index in [9.17, 15) is 4.79 Å². The summed E-state index contributed by atoms with van der Waals surface area (Å²) < 4.78 is 5.23. The van der Waals surface area contributed by atoms with E-state index in [1.807, 2.05) is 13.0 Å². The fourth-order valence-electron chi connectivity index (χ4n) is 1.89. The number of ether oxygens (including phenoxy) is 1. The summed E-state index contributed by atoms with van der Waals surface area (Å²) in [6.07, 6.45) is 2.25. The van der Waals surface area contributed by atoms with Crippen LogP contribution in [0, 0.1) is 18.3 Å². The topological polar surface area (TPSA) is 62.1 Å². The highest BCUT2D eigenvalue weighted by Gasteiger charge is 2.10. The number of nitrogens with zero attached hydrogens (tertiary/aromatic N) is 1. The Morgan fingerprint density at radius 2 is 2.20 bits per heavy atom. The number of hydrogen-bond acceptors (Lipinski definition) is 3. The molecule has 108 valence electrons. The summed E-state index contributed by atoms with van der Waals surface area (Å²) in [6, 6.07) is 5.73. The molecule has 0 saturated carbocycles. The van der Waals surface area contributed by atoms with Crippen molar-refractivity contribution in [3.8, 4) is 11.8 Å². The lowest BCUT2D eigenvalue weighted by molar-refractivity contribution is -0.116. The van der Waals surface area contributed by atoms with Crippen LogP contribution in [0.25, 0.3) is 0 Å². The zero-order chi connectivity index (χ0) is 15.0. The third kappa shape index (κ3) is 4.75. The molecule has 4 nitrogen and oxygen atoms in total. The second-order valence-corrected chi connectivity index (χ2v) is 4.89. The average Bonchev–Trinajstić information content (AvgIpc) is 2.42. The van der Waals surface area contributed by atoms with Gasteiger partial charge in [0.1, 0.15) is 5.75 Å². The lowest BCUT2D eigenvalue weighted by Crippen LogP contribution is -2.13. The van der Waals surface area contributed by atoms with Crippen molar-refractivity contribution in [2.45, 2.75) is 32.6 Å². The van der Waals surface area contributed by atoms with Gasteiger partial charge in [-0.2, -0.15) is 5.26 Å². The van der Waals surface area contributed by atoms with Crippen LogP contribution in [0.15, 0.2) is 12.1 Å². The van der Waals surface area contributed by atoms with E-state index in [-0.39, 0.29) is 12.3 Å². The third-order valence-corrected chi connectivity index (χ3v) is 3.22. The lowest BCUT2D eigenvalue weighted by Gasteiger charge is -2.13. The van der Waals surface area contributed by atoms with Gasteiger partial charge in [-0.15, -0.1) is 11.6 Å². The number of methoxy groups -OCH3 is 1. The first kappa shape index (κ1) is 16.3. The van der Waals surface area contributed by atoms with E-state index in [0.29, 0.717) is 18.0 Å². The lowest BCUT2D eigenvalue weighted by atomic mass is 10.1. The Morgan fingerprint density at radius 1 is 1.45 bits per heavy atom. The van der Waals surface area contributed by atoms with Crippen molar-refractivity contribution in [3.63, 3.8) is 0 Å². The maximum absolute atomic E-state index is 11.8. The summed E-state index contributed by atoms with van der Waals surface area (Å²) >= 11 is 5.58. The molecule has 0 spiro atoms. The van der Waals surface area contributed by atoms with E-state index in [4.69, 9.17) is 21.6 Å². The molecule has 0 aliphatic heterocycles. The monoisotopic (exact) mass is 294 g/mol. The van der Waals surface area contributed by atoms with Crippen LogP contribution < -0.4 is 10.1 Å². The molecule has 0 aromatic heterocycles. The van der Waals surface area contributed by atoms with E-state index >= 15 is 0 Å². The predicted molar refractivity (Wildman–Crippen MR) is 80.2 cm³/mol. The Kier molecular flexibility index (Phi) is 6.89. The van der Waals surface area contributed by atoms with Crippen LogP contribution in [-0.4, -0.2) is 18.9 Å². The Morgan fingerprint density at radius 3 is 2.80 bits per heavy atom. The minimum atomic E-state index is -0.0566. The Bertz CT molecular complexity index is 509. The van der Waals surface area contributed by atoms with Gasteiger partial charge in [-0.1, -0.05) is 0 Å². The standard InChI is InChI=1S/C15H19ClN2O2/c1-11-9-13(18-15(19)5-3-4-7-16)12(6-8-17)10-14(11)20-2/h9-10H,3-7H2,1-2H3,(H,18,19). The first-order valence-electron chi connectivity index (χ1n) is 6.52. The number of carbonyl (C=O) groups excluding carboxylic acids is 1. The molecule has 1 rings (SSSR count). The van der Waals surface area contributed by atoms with E-state index < -0.39 is 0 Å². The maximum Gasteiger partial charge on any atom is 0.224 e. The number of nitrogens with one attached hydrogen (secondary N) is 1. The van der Waals surface area contributed by atoms with Crippen LogP contribution >= 0.6 is 11.6 Å². The number of alkyl halides is 1. The van der Waals surface area contributed by atoms with Crippen molar-refractivity contribution in [2.75, 3.05) is 18.3 Å². The minimum Gasteiger partial charge on any atom is -0.496 e. The fraction of sp³-hybridized carbons (Fsp3) is 0.467. The zero-order valence-corrected chi connectivity index (χ0v) is 12.6. The first-order chi connectivity index (χ1) is 9.62. The number of benzene rings is 1. The highest BCUT2D eigenvalue weighted by molar-refractivity contribution is 6.17. The van der Waals surface area contributed by atoms with Crippen molar-refractivity contribution in [3.05, 3.63) is 23.3 Å². The van der Waals surface area contributed by atoms with Crippen molar-refractivity contribution in [1.82, 2.24) is 0 Å². The van der Waals surface area contributed by atoms with E-state index in [2.05, 4.69) is 11.4 Å². The van der Waals surface area contributed by atoms with Gasteiger partial charge in [0.25, 0.3) is 0 Å². The quantitative estimate of drug-likeness (QED) is 0.619. The molecule has 1 aromatic rings. The normalized spacial score (nSPS) is 9.90. The van der Waals surface area contributed by atoms with Gasteiger partial charge in [0.15, 0.2) is 0 Å². The smallest absolute Gasteiger partial charge is 0.224 e. The van der Waals surface area contributed by atoms with Crippen LogP contribution in [0.4, 0.5) is 5.69 Å². The summed E-state index contributed by atoms with van der Waals surface area (Å²) in [6.45, 7) is 1.90. The molecule has 0 saturated heterocycles. The summed E-state index contributed by atoms with van der Waals surface area (Å²) in [7, 11) is 1.59. The highest BCUT2D eigenvalue weighted by Crippen LogP contribution is 2.27. The Hall–Kier alpha value is -1.73. The van der Waals surface area contributed by atoms with Gasteiger partial charge < -0.3 is 10.1 Å². The minimum absolute atomic E-state index is 0.0566. The molecule has 1 N–H and O–H groups in total. The Labute approximate surface area is 124 Å². The number of rotatable bonds is 7. The predicted octanol–water partition coefficient (Wildman–Crippen LogP) is 3.42. The molecule has 0 bridgehead atoms. The van der Waals surface area contributed by atoms with Crippen molar-refractivity contribution < 1.29 is 9.53 Å². The summed E-state index contributed by atoms with van der Waals surface area (Å²) in [5, 5.41) is 11.7. The Balaban J connectivity index is 2.85.